The summed E-state index contributed by atoms with van der Waals surface area (Å²) in [6, 6.07) is 22.8. The van der Waals surface area contributed by atoms with E-state index in [2.05, 4.69) is 5.32 Å². The highest BCUT2D eigenvalue weighted by Gasteiger charge is 2.51. The molecule has 2 saturated heterocycles. The molecule has 2 aliphatic heterocycles. The molecule has 0 saturated carbocycles. The minimum atomic E-state index is -0.554. The second-order valence-corrected chi connectivity index (χ2v) is 9.70. The van der Waals surface area contributed by atoms with E-state index < -0.39 is 5.66 Å². The van der Waals surface area contributed by atoms with Gasteiger partial charge in [-0.1, -0.05) is 54.1 Å². The highest BCUT2D eigenvalue weighted by molar-refractivity contribution is 6.30. The van der Waals surface area contributed by atoms with Gasteiger partial charge in [-0.15, -0.1) is 12.4 Å². The van der Waals surface area contributed by atoms with Crippen LogP contribution in [0.15, 0.2) is 78.9 Å². The van der Waals surface area contributed by atoms with Gasteiger partial charge in [-0.05, 0) is 53.9 Å². The number of likely N-dealkylation sites (tertiary alicyclic amines) is 1. The zero-order valence-electron chi connectivity index (χ0n) is 19.7. The lowest BCUT2D eigenvalue weighted by atomic mass is 9.94. The number of carbonyl (C=O) groups excluding carboxylic acids is 2. The lowest BCUT2D eigenvalue weighted by Gasteiger charge is -2.44. The van der Waals surface area contributed by atoms with Gasteiger partial charge in [-0.2, -0.15) is 0 Å². The first-order chi connectivity index (χ1) is 16.9. The standard InChI is InChI=1S/C28H27ClFN3O2.ClH/c29-23-10-8-22(9-11-23)26(34)32-16-14-28(15-17-32)31-25(18-20-4-2-1-3-5-20)27(35)33(28)19-21-6-12-24(30)13-7-21;/h1-13,25,31H,14-19H2;1H/t25-;/m0./s1. The zero-order chi connectivity index (χ0) is 24.4. The van der Waals surface area contributed by atoms with Crippen molar-refractivity contribution in [1.29, 1.82) is 0 Å². The summed E-state index contributed by atoms with van der Waals surface area (Å²) in [6.07, 6.45) is 1.82. The van der Waals surface area contributed by atoms with Crippen molar-refractivity contribution in [2.24, 2.45) is 0 Å². The predicted octanol–water partition coefficient (Wildman–Crippen LogP) is 5.08. The number of carbonyl (C=O) groups is 2. The topological polar surface area (TPSA) is 52.7 Å². The van der Waals surface area contributed by atoms with E-state index in [1.165, 1.54) is 12.1 Å². The fourth-order valence-electron chi connectivity index (χ4n) is 5.12. The highest BCUT2D eigenvalue weighted by atomic mass is 35.5. The Labute approximate surface area is 221 Å². The molecular weight excluding hydrogens is 500 g/mol. The van der Waals surface area contributed by atoms with E-state index >= 15 is 0 Å². The third kappa shape index (κ3) is 5.41. The number of amides is 2. The molecule has 1 spiro atoms. The SMILES string of the molecule is Cl.O=C(c1ccc(Cl)cc1)N1CCC2(CC1)N[C@@H](Cc1ccccc1)C(=O)N2Cc1ccc(F)cc1. The number of hydrogen-bond donors (Lipinski definition) is 1. The lowest BCUT2D eigenvalue weighted by Crippen LogP contribution is -2.59. The first kappa shape index (κ1) is 26.1. The Balaban J connectivity index is 0.00000304. The Bertz CT molecular complexity index is 1200. The number of nitrogens with one attached hydrogen (secondary N) is 1. The molecule has 5 nitrogen and oxygen atoms in total. The van der Waals surface area contributed by atoms with Gasteiger partial charge in [0, 0.05) is 43.1 Å². The molecule has 0 bridgehead atoms. The Hall–Kier alpha value is -2.93. The summed E-state index contributed by atoms with van der Waals surface area (Å²) in [7, 11) is 0. The molecule has 3 aromatic rings. The predicted molar refractivity (Wildman–Crippen MR) is 141 cm³/mol. The molecular formula is C28H28Cl2FN3O2. The fraction of sp³-hybridized carbons (Fsp3) is 0.286. The largest absolute Gasteiger partial charge is 0.338 e. The molecule has 5 rings (SSSR count). The van der Waals surface area contributed by atoms with Crippen molar-refractivity contribution in [2.45, 2.75) is 37.5 Å². The Morgan fingerprint density at radius 1 is 0.944 bits per heavy atom. The maximum atomic E-state index is 13.6. The third-order valence-corrected chi connectivity index (χ3v) is 7.28. The minimum Gasteiger partial charge on any atom is -0.338 e. The van der Waals surface area contributed by atoms with Gasteiger partial charge in [0.15, 0.2) is 0 Å². The first-order valence-corrected chi connectivity index (χ1v) is 12.2. The number of halogens is 3. The van der Waals surface area contributed by atoms with Crippen LogP contribution in [0, 0.1) is 5.82 Å². The van der Waals surface area contributed by atoms with E-state index in [4.69, 9.17) is 11.6 Å². The molecule has 2 fully saturated rings. The van der Waals surface area contributed by atoms with Crippen LogP contribution in [0.4, 0.5) is 4.39 Å². The molecule has 0 aliphatic carbocycles. The summed E-state index contributed by atoms with van der Waals surface area (Å²) in [5.41, 5.74) is 2.01. The van der Waals surface area contributed by atoms with Crippen molar-refractivity contribution in [3.05, 3.63) is 106 Å². The average molecular weight is 528 g/mol. The van der Waals surface area contributed by atoms with E-state index in [1.54, 1.807) is 36.4 Å². The van der Waals surface area contributed by atoms with Crippen LogP contribution in [0.3, 0.4) is 0 Å². The second-order valence-electron chi connectivity index (χ2n) is 9.27. The quantitative estimate of drug-likeness (QED) is 0.503. The number of nitrogens with zero attached hydrogens (tertiary/aromatic N) is 2. The van der Waals surface area contributed by atoms with E-state index in [1.807, 2.05) is 40.1 Å². The third-order valence-electron chi connectivity index (χ3n) is 7.03. The number of piperidine rings is 1. The molecule has 2 amide bonds. The van der Waals surface area contributed by atoms with E-state index in [9.17, 15) is 14.0 Å². The van der Waals surface area contributed by atoms with Crippen LogP contribution in [0.25, 0.3) is 0 Å². The van der Waals surface area contributed by atoms with Gasteiger partial charge in [-0.3, -0.25) is 14.9 Å². The highest BCUT2D eigenvalue weighted by Crippen LogP contribution is 2.35. The molecule has 188 valence electrons. The monoisotopic (exact) mass is 527 g/mol. The van der Waals surface area contributed by atoms with Crippen LogP contribution in [-0.4, -0.2) is 46.4 Å². The maximum Gasteiger partial charge on any atom is 0.253 e. The molecule has 0 unspecified atom stereocenters. The van der Waals surface area contributed by atoms with Crippen LogP contribution in [0.2, 0.25) is 5.02 Å². The van der Waals surface area contributed by atoms with Crippen molar-refractivity contribution < 1.29 is 14.0 Å². The smallest absolute Gasteiger partial charge is 0.253 e. The molecule has 2 aliphatic rings. The van der Waals surface area contributed by atoms with Crippen LogP contribution in [-0.2, 0) is 17.8 Å². The van der Waals surface area contributed by atoms with Crippen molar-refractivity contribution in [3.63, 3.8) is 0 Å². The molecule has 8 heteroatoms. The van der Waals surface area contributed by atoms with Gasteiger partial charge >= 0.3 is 0 Å². The molecule has 2 heterocycles. The Kier molecular flexibility index (Phi) is 7.98. The van der Waals surface area contributed by atoms with Crippen LogP contribution in [0.5, 0.6) is 0 Å². The minimum absolute atomic E-state index is 0. The van der Waals surface area contributed by atoms with Crippen molar-refractivity contribution >= 4 is 35.8 Å². The number of hydrogen-bond acceptors (Lipinski definition) is 3. The van der Waals surface area contributed by atoms with Crippen molar-refractivity contribution in [1.82, 2.24) is 15.1 Å². The normalized spacial score (nSPS) is 18.8. The van der Waals surface area contributed by atoms with Crippen molar-refractivity contribution in [2.75, 3.05) is 13.1 Å². The number of rotatable bonds is 5. The van der Waals surface area contributed by atoms with Gasteiger partial charge < -0.3 is 9.80 Å². The molecule has 36 heavy (non-hydrogen) atoms. The van der Waals surface area contributed by atoms with E-state index in [-0.39, 0.29) is 36.1 Å². The van der Waals surface area contributed by atoms with Crippen LogP contribution >= 0.6 is 24.0 Å². The molecule has 1 atom stereocenters. The number of benzene rings is 3. The Morgan fingerprint density at radius 3 is 2.22 bits per heavy atom. The summed E-state index contributed by atoms with van der Waals surface area (Å²) in [5, 5.41) is 4.23. The maximum absolute atomic E-state index is 13.6. The first-order valence-electron chi connectivity index (χ1n) is 11.9. The molecule has 1 N–H and O–H groups in total. The summed E-state index contributed by atoms with van der Waals surface area (Å²) < 4.78 is 13.5. The van der Waals surface area contributed by atoms with Gasteiger partial charge in [0.05, 0.1) is 11.7 Å². The van der Waals surface area contributed by atoms with Crippen LogP contribution < -0.4 is 5.32 Å². The lowest BCUT2D eigenvalue weighted by molar-refractivity contribution is -0.134. The average Bonchev–Trinajstić information content (AvgIpc) is 3.11. The summed E-state index contributed by atoms with van der Waals surface area (Å²) in [5.74, 6) is -0.298. The van der Waals surface area contributed by atoms with Gasteiger partial charge in [0.2, 0.25) is 5.91 Å². The van der Waals surface area contributed by atoms with E-state index in [0.717, 1.165) is 11.1 Å². The van der Waals surface area contributed by atoms with Gasteiger partial charge in [0.1, 0.15) is 5.82 Å². The second kappa shape index (κ2) is 11.0. The molecule has 3 aromatic carbocycles. The summed E-state index contributed by atoms with van der Waals surface area (Å²) >= 11 is 5.97. The zero-order valence-corrected chi connectivity index (χ0v) is 21.3. The fourth-order valence-corrected chi connectivity index (χ4v) is 5.25. The van der Waals surface area contributed by atoms with Gasteiger partial charge in [0.25, 0.3) is 5.91 Å². The van der Waals surface area contributed by atoms with E-state index in [0.29, 0.717) is 49.5 Å². The van der Waals surface area contributed by atoms with Crippen molar-refractivity contribution in [3.8, 4) is 0 Å². The summed E-state index contributed by atoms with van der Waals surface area (Å²) in [4.78, 5) is 30.4. The Morgan fingerprint density at radius 2 is 1.58 bits per heavy atom. The molecule has 0 aromatic heterocycles. The molecule has 0 radical (unpaired) electrons. The van der Waals surface area contributed by atoms with Crippen LogP contribution in [0.1, 0.15) is 34.3 Å². The van der Waals surface area contributed by atoms with Gasteiger partial charge in [-0.25, -0.2) is 4.39 Å². The summed E-state index contributed by atoms with van der Waals surface area (Å²) in [6.45, 7) is 1.45.